The summed E-state index contributed by atoms with van der Waals surface area (Å²) in [6.45, 7) is 3.43. The van der Waals surface area contributed by atoms with E-state index in [1.54, 1.807) is 30.3 Å². The summed E-state index contributed by atoms with van der Waals surface area (Å²) in [4.78, 5) is 27.3. The minimum atomic E-state index is -3.48. The van der Waals surface area contributed by atoms with Gasteiger partial charge in [-0.15, -0.1) is 0 Å². The van der Waals surface area contributed by atoms with Crippen molar-refractivity contribution in [1.29, 1.82) is 0 Å². The van der Waals surface area contributed by atoms with Gasteiger partial charge in [-0.05, 0) is 50.8 Å². The number of benzene rings is 1. The highest BCUT2D eigenvalue weighted by Crippen LogP contribution is 2.25. The molecule has 11 nitrogen and oxygen atoms in total. The molecule has 2 aromatic heterocycles. The molecular weight excluding hydrogens is 516 g/mol. The topological polar surface area (TPSA) is 132 Å². The average Bonchev–Trinajstić information content (AvgIpc) is 2.84. The van der Waals surface area contributed by atoms with E-state index in [2.05, 4.69) is 30.9 Å². The lowest BCUT2D eigenvalue weighted by molar-refractivity contribution is 0.0951. The molecule has 0 radical (unpaired) electrons. The Hall–Kier alpha value is -3.48. The maximum atomic E-state index is 12.4. The van der Waals surface area contributed by atoms with Gasteiger partial charge in [0.15, 0.2) is 5.82 Å². The summed E-state index contributed by atoms with van der Waals surface area (Å²) in [5, 5.41) is 9.48. The van der Waals surface area contributed by atoms with E-state index < -0.39 is 10.0 Å². The summed E-state index contributed by atoms with van der Waals surface area (Å²) in [6.07, 6.45) is 4.11. The number of carbonyl (C=O) groups excluding carboxylic acids is 1. The molecule has 0 aliphatic heterocycles. The molecule has 198 valence electrons. The fourth-order valence-electron chi connectivity index (χ4n) is 3.30. The summed E-state index contributed by atoms with van der Waals surface area (Å²) in [5.74, 6) is 0.841. The number of nitrogens with zero attached hydrogens (tertiary/aromatic N) is 5. The lowest BCUT2D eigenvalue weighted by Gasteiger charge is -2.19. The molecule has 0 aliphatic rings. The first kappa shape index (κ1) is 28.1. The zero-order chi connectivity index (χ0) is 27.2. The van der Waals surface area contributed by atoms with E-state index in [0.717, 1.165) is 28.4 Å². The highest BCUT2D eigenvalue weighted by Gasteiger charge is 2.17. The Bertz CT molecular complexity index is 1370. The van der Waals surface area contributed by atoms with Crippen LogP contribution < -0.4 is 20.3 Å². The Balaban J connectivity index is 1.72. The number of anilines is 4. The minimum absolute atomic E-state index is 0.137. The SMILES string of the molecule is Cc1cc(C(=O)NCCN(C)C)ccc1Nc1ncc(Cl)c(NCc2cccnc2N(C)S(C)(=O)=O)n1. The fourth-order valence-corrected chi connectivity index (χ4v) is 3.94. The third-order valence-electron chi connectivity index (χ3n) is 5.43. The summed E-state index contributed by atoms with van der Waals surface area (Å²) < 4.78 is 25.1. The second-order valence-electron chi connectivity index (χ2n) is 8.67. The monoisotopic (exact) mass is 546 g/mol. The molecule has 2 heterocycles. The van der Waals surface area contributed by atoms with Crippen LogP contribution in [0.25, 0.3) is 0 Å². The summed E-state index contributed by atoms with van der Waals surface area (Å²) in [7, 11) is 1.87. The van der Waals surface area contributed by atoms with Crippen molar-refractivity contribution >= 4 is 50.8 Å². The predicted molar refractivity (Wildman–Crippen MR) is 147 cm³/mol. The van der Waals surface area contributed by atoms with Crippen molar-refractivity contribution in [1.82, 2.24) is 25.2 Å². The molecule has 3 aromatic rings. The largest absolute Gasteiger partial charge is 0.364 e. The van der Waals surface area contributed by atoms with Crippen molar-refractivity contribution in [2.24, 2.45) is 0 Å². The van der Waals surface area contributed by atoms with Gasteiger partial charge in [-0.25, -0.2) is 18.4 Å². The number of likely N-dealkylation sites (N-methyl/N-ethyl adjacent to an activating group) is 1. The molecule has 0 spiro atoms. The Morgan fingerprint density at radius 3 is 2.57 bits per heavy atom. The van der Waals surface area contributed by atoms with Crippen LogP contribution in [-0.2, 0) is 16.6 Å². The fraction of sp³-hybridized carbons (Fsp3) is 0.333. The van der Waals surface area contributed by atoms with Crippen molar-refractivity contribution < 1.29 is 13.2 Å². The van der Waals surface area contributed by atoms with Crippen molar-refractivity contribution in [2.75, 3.05) is 55.4 Å². The molecule has 0 saturated carbocycles. The second kappa shape index (κ2) is 12.2. The van der Waals surface area contributed by atoms with Crippen LogP contribution in [0, 0.1) is 6.92 Å². The van der Waals surface area contributed by atoms with Crippen LogP contribution in [0.1, 0.15) is 21.5 Å². The number of pyridine rings is 1. The molecule has 1 amide bonds. The Labute approximate surface area is 222 Å². The molecule has 0 saturated heterocycles. The molecule has 37 heavy (non-hydrogen) atoms. The van der Waals surface area contributed by atoms with Crippen LogP contribution in [0.5, 0.6) is 0 Å². The van der Waals surface area contributed by atoms with Gasteiger partial charge in [-0.1, -0.05) is 17.7 Å². The highest BCUT2D eigenvalue weighted by molar-refractivity contribution is 7.92. The molecule has 0 fully saturated rings. The summed E-state index contributed by atoms with van der Waals surface area (Å²) >= 11 is 6.30. The van der Waals surface area contributed by atoms with Crippen LogP contribution in [-0.4, -0.2) is 74.7 Å². The number of aromatic nitrogens is 3. The van der Waals surface area contributed by atoms with E-state index in [0.29, 0.717) is 40.3 Å². The number of carbonyl (C=O) groups is 1. The number of hydrogen-bond donors (Lipinski definition) is 3. The van der Waals surface area contributed by atoms with E-state index in [-0.39, 0.29) is 12.5 Å². The number of hydrogen-bond acceptors (Lipinski definition) is 9. The first-order chi connectivity index (χ1) is 17.5. The first-order valence-electron chi connectivity index (χ1n) is 11.4. The van der Waals surface area contributed by atoms with Crippen molar-refractivity contribution in [3.63, 3.8) is 0 Å². The van der Waals surface area contributed by atoms with Gasteiger partial charge in [0.25, 0.3) is 5.91 Å². The van der Waals surface area contributed by atoms with Crippen molar-refractivity contribution in [3.8, 4) is 0 Å². The number of halogens is 1. The van der Waals surface area contributed by atoms with Crippen LogP contribution in [0.4, 0.5) is 23.3 Å². The number of rotatable bonds is 11. The van der Waals surface area contributed by atoms with E-state index in [9.17, 15) is 13.2 Å². The van der Waals surface area contributed by atoms with Gasteiger partial charge < -0.3 is 20.9 Å². The molecule has 0 unspecified atom stereocenters. The molecule has 0 bridgehead atoms. The lowest BCUT2D eigenvalue weighted by Crippen LogP contribution is -2.31. The standard InChI is InChI=1S/C24H31ClN8O3S/c1-16-13-17(23(34)27-11-12-32(2)3)8-9-20(16)30-24-29-15-19(25)21(31-24)28-14-18-7-6-10-26-22(18)33(4)37(5,35)36/h6-10,13,15H,11-12,14H2,1-5H3,(H,27,34)(H2,28,29,30,31). The summed E-state index contributed by atoms with van der Waals surface area (Å²) in [5.41, 5.74) is 2.79. The number of sulfonamides is 1. The maximum absolute atomic E-state index is 12.4. The average molecular weight is 547 g/mol. The number of aryl methyl sites for hydroxylation is 1. The first-order valence-corrected chi connectivity index (χ1v) is 13.6. The number of nitrogens with one attached hydrogen (secondary N) is 3. The molecule has 0 atom stereocenters. The number of amides is 1. The Morgan fingerprint density at radius 2 is 1.89 bits per heavy atom. The van der Waals surface area contributed by atoms with Crippen LogP contribution in [0.2, 0.25) is 5.02 Å². The Morgan fingerprint density at radius 1 is 1.14 bits per heavy atom. The van der Waals surface area contributed by atoms with Gasteiger partial charge >= 0.3 is 0 Å². The molecule has 3 N–H and O–H groups in total. The molecule has 3 rings (SSSR count). The molecule has 0 aliphatic carbocycles. The lowest BCUT2D eigenvalue weighted by atomic mass is 10.1. The predicted octanol–water partition coefficient (Wildman–Crippen LogP) is 2.88. The molecule has 13 heteroatoms. The van der Waals surface area contributed by atoms with Crippen LogP contribution >= 0.6 is 11.6 Å². The molecular formula is C24H31ClN8O3S. The van der Waals surface area contributed by atoms with Crippen molar-refractivity contribution in [2.45, 2.75) is 13.5 Å². The van der Waals surface area contributed by atoms with Gasteiger partial charge in [0.2, 0.25) is 16.0 Å². The highest BCUT2D eigenvalue weighted by atomic mass is 35.5. The minimum Gasteiger partial charge on any atom is -0.364 e. The normalized spacial score (nSPS) is 11.3. The zero-order valence-electron chi connectivity index (χ0n) is 21.4. The van der Waals surface area contributed by atoms with Gasteiger partial charge in [0.05, 0.1) is 12.5 Å². The third kappa shape index (κ3) is 7.75. The zero-order valence-corrected chi connectivity index (χ0v) is 23.0. The second-order valence-corrected chi connectivity index (χ2v) is 11.1. The van der Waals surface area contributed by atoms with Gasteiger partial charge in [-0.3, -0.25) is 9.10 Å². The van der Waals surface area contributed by atoms with Gasteiger partial charge in [0.1, 0.15) is 10.8 Å². The smallest absolute Gasteiger partial charge is 0.251 e. The van der Waals surface area contributed by atoms with Gasteiger partial charge in [-0.2, -0.15) is 4.98 Å². The van der Waals surface area contributed by atoms with Crippen LogP contribution in [0.3, 0.4) is 0 Å². The van der Waals surface area contributed by atoms with E-state index in [1.807, 2.05) is 25.9 Å². The maximum Gasteiger partial charge on any atom is 0.251 e. The van der Waals surface area contributed by atoms with E-state index in [4.69, 9.17) is 11.6 Å². The summed E-state index contributed by atoms with van der Waals surface area (Å²) in [6, 6.07) is 8.82. The van der Waals surface area contributed by atoms with E-state index >= 15 is 0 Å². The Kier molecular flexibility index (Phi) is 9.24. The third-order valence-corrected chi connectivity index (χ3v) is 6.88. The quantitative estimate of drug-likeness (QED) is 0.332. The van der Waals surface area contributed by atoms with Crippen LogP contribution in [0.15, 0.2) is 42.7 Å². The van der Waals surface area contributed by atoms with Gasteiger partial charge in [0, 0.05) is 49.7 Å². The van der Waals surface area contributed by atoms with Crippen molar-refractivity contribution in [3.05, 3.63) is 64.4 Å². The molecule has 1 aromatic carbocycles. The van der Waals surface area contributed by atoms with E-state index in [1.165, 1.54) is 19.4 Å².